The van der Waals surface area contributed by atoms with Gasteiger partial charge in [-0.15, -0.1) is 0 Å². The number of benzene rings is 4. The number of aromatic nitrogens is 4. The number of rotatable bonds is 16. The van der Waals surface area contributed by atoms with Gasteiger partial charge in [0.1, 0.15) is 0 Å². The Morgan fingerprint density at radius 2 is 0.603 bits per heavy atom. The molecular weight excluding hydrogens is 1550 g/mol. The summed E-state index contributed by atoms with van der Waals surface area (Å²) in [6, 6.07) is 51.7. The molecule has 6 saturated heterocycles. The van der Waals surface area contributed by atoms with Gasteiger partial charge in [0.25, 0.3) is 0 Å². The predicted octanol–water partition coefficient (Wildman–Crippen LogP) is 13.3. The molecule has 20 nitrogen and oxygen atoms in total. The highest BCUT2D eigenvalue weighted by Gasteiger charge is 2.40. The zero-order valence-corrected chi connectivity index (χ0v) is 77.6. The maximum atomic E-state index is 4.78. The van der Waals surface area contributed by atoms with Crippen LogP contribution in [-0.2, 0) is 77.5 Å². The number of aryl methyl sites for hydroxylation is 4. The summed E-state index contributed by atoms with van der Waals surface area (Å²) in [7, 11) is 13.7. The van der Waals surface area contributed by atoms with Crippen molar-refractivity contribution in [3.8, 4) is 0 Å². The topological polar surface area (TPSA) is 139 Å². The average Bonchev–Trinajstić information content (AvgIpc) is 0.875. The Kier molecular flexibility index (Phi) is 28.0. The van der Waals surface area contributed by atoms with E-state index in [4.69, 9.17) is 19.9 Å². The Morgan fingerprint density at radius 1 is 0.310 bits per heavy atom. The van der Waals surface area contributed by atoms with Crippen LogP contribution in [0.25, 0.3) is 0 Å². The summed E-state index contributed by atoms with van der Waals surface area (Å²) in [6.45, 7) is 29.6. The fourth-order valence-corrected chi connectivity index (χ4v) is 25.1. The van der Waals surface area contributed by atoms with Gasteiger partial charge in [-0.05, 0) is 313 Å². The maximum absolute atomic E-state index is 4.78. The predicted molar refractivity (Wildman–Crippen MR) is 516 cm³/mol. The molecule has 14 heterocycles. The minimum absolute atomic E-state index is 0.442. The van der Waals surface area contributed by atoms with E-state index in [1.807, 2.05) is 24.8 Å². The standard InChI is InChI=1S/2C27H37N5.C27H39N5.C25H35N5/c2*1-30(26-11-2-6-20-8-4-12-28-27(20)26)18-22-16-24-21(17-29-22)7-3-10-25(24)32-15-14-31-13-5-9-23(31)19-32;1-19-16-32(17-20(2)31(19)4)25-11-6-9-22-15-29-23(14-24(22)25)18-30(3)26-12-5-8-21-10-7-13-28-27(21)26;1-28-12-14-30(15-13-28)23-9-4-7-20-17-27-21(16-22(20)23)18-29(2)24-10-3-6-19-8-5-11-26-25(19)24/h2*3-4,7-8,10,12,22-23,26,29H,2,5-6,9,11,13-19H2,1H3;6-7,9-11,13,19-20,23,26,29H,5,8,12,14-18H2,1-4H3;4-5,7-9,11,21,24,27H,3,6,10,12-18H2,1-2H3/t22-,23+,26+;22-,23-,26+;19-,20+,23-,26+;21-,24+/m1111/s1. The molecule has 0 bridgehead atoms. The third kappa shape index (κ3) is 19.6. The number of nitrogens with one attached hydrogen (secondary N) is 4. The van der Waals surface area contributed by atoms with Crippen molar-refractivity contribution in [1.82, 2.24) is 80.4 Å². The third-order valence-corrected chi connectivity index (χ3v) is 32.3. The summed E-state index contributed by atoms with van der Waals surface area (Å²) in [6.07, 6.45) is 32.5. The van der Waals surface area contributed by atoms with Gasteiger partial charge >= 0.3 is 0 Å². The highest BCUT2D eigenvalue weighted by Crippen LogP contribution is 2.42. The Hall–Kier alpha value is -7.80. The fraction of sp³-hybridized carbons (Fsp3) is 0.585. The first-order valence-electron chi connectivity index (χ1n) is 49.5. The van der Waals surface area contributed by atoms with Crippen LogP contribution < -0.4 is 40.9 Å². The Morgan fingerprint density at radius 3 is 0.929 bits per heavy atom. The molecule has 0 radical (unpaired) electrons. The average molecular weight is 1700 g/mol. The lowest BCUT2D eigenvalue weighted by Crippen LogP contribution is -2.55. The Labute approximate surface area is 755 Å². The van der Waals surface area contributed by atoms with Crippen LogP contribution in [0.2, 0.25) is 0 Å². The zero-order chi connectivity index (χ0) is 85.7. The number of fused-ring (bicyclic) bond motifs is 10. The molecule has 0 amide bonds. The molecule has 126 heavy (non-hydrogen) atoms. The van der Waals surface area contributed by atoms with Crippen molar-refractivity contribution in [3.63, 3.8) is 0 Å². The molecule has 8 aromatic rings. The van der Waals surface area contributed by atoms with E-state index >= 15 is 0 Å². The van der Waals surface area contributed by atoms with E-state index in [1.54, 1.807) is 22.3 Å². The maximum Gasteiger partial charge on any atom is 0.0607 e. The monoisotopic (exact) mass is 1700 g/mol. The van der Waals surface area contributed by atoms with Gasteiger partial charge in [0.15, 0.2) is 0 Å². The van der Waals surface area contributed by atoms with Gasteiger partial charge in [-0.1, -0.05) is 72.8 Å². The third-order valence-electron chi connectivity index (χ3n) is 32.3. The zero-order valence-electron chi connectivity index (χ0n) is 77.6. The van der Waals surface area contributed by atoms with Crippen LogP contribution >= 0.6 is 0 Å². The molecule has 4 aliphatic carbocycles. The summed E-state index contributed by atoms with van der Waals surface area (Å²) in [5.41, 5.74) is 29.3. The lowest BCUT2D eigenvalue weighted by atomic mass is 9.89. The summed E-state index contributed by atoms with van der Waals surface area (Å²) in [5.74, 6) is 0. The lowest BCUT2D eigenvalue weighted by molar-refractivity contribution is 0.169. The highest BCUT2D eigenvalue weighted by atomic mass is 15.3. The quantitative estimate of drug-likeness (QED) is 0.0729. The largest absolute Gasteiger partial charge is 0.369 e. The number of anilines is 4. The van der Waals surface area contributed by atoms with Gasteiger partial charge in [0, 0.05) is 227 Å². The molecular formula is C106H148N20. The number of piperazine rings is 4. The van der Waals surface area contributed by atoms with Gasteiger partial charge < -0.3 is 45.8 Å². The molecule has 672 valence electrons. The van der Waals surface area contributed by atoms with Crippen molar-refractivity contribution in [2.45, 2.75) is 241 Å². The van der Waals surface area contributed by atoms with Gasteiger partial charge in [-0.3, -0.25) is 54.2 Å². The Balaban J connectivity index is 0.000000110. The summed E-state index contributed by atoms with van der Waals surface area (Å²) < 4.78 is 0. The normalized spacial score (nSPS) is 27.2. The van der Waals surface area contributed by atoms with E-state index in [0.29, 0.717) is 60.4 Å². The van der Waals surface area contributed by atoms with Crippen LogP contribution in [0.4, 0.5) is 22.7 Å². The first-order chi connectivity index (χ1) is 61.7. The first-order valence-corrected chi connectivity index (χ1v) is 49.5. The minimum atomic E-state index is 0.442. The molecule has 4 aromatic heterocycles. The number of pyridine rings is 4. The van der Waals surface area contributed by atoms with E-state index < -0.39 is 0 Å². The number of hydrogen-bond acceptors (Lipinski definition) is 20. The van der Waals surface area contributed by atoms with Gasteiger partial charge in [-0.25, -0.2) is 0 Å². The smallest absolute Gasteiger partial charge is 0.0607 e. The van der Waals surface area contributed by atoms with Gasteiger partial charge in [-0.2, -0.15) is 0 Å². The van der Waals surface area contributed by atoms with E-state index in [-0.39, 0.29) is 0 Å². The lowest BCUT2D eigenvalue weighted by Gasteiger charge is -2.45. The summed E-state index contributed by atoms with van der Waals surface area (Å²) in [5, 5.41) is 15.3. The molecule has 14 aliphatic rings. The second kappa shape index (κ2) is 40.3. The van der Waals surface area contributed by atoms with Crippen molar-refractivity contribution in [2.24, 2.45) is 0 Å². The van der Waals surface area contributed by atoms with Crippen LogP contribution in [0, 0.1) is 0 Å². The highest BCUT2D eigenvalue weighted by molar-refractivity contribution is 5.62. The molecule has 12 atom stereocenters. The first kappa shape index (κ1) is 87.5. The second-order valence-corrected chi connectivity index (χ2v) is 40.5. The fourth-order valence-electron chi connectivity index (χ4n) is 25.1. The van der Waals surface area contributed by atoms with Crippen LogP contribution in [0.15, 0.2) is 146 Å². The Bertz CT molecular complexity index is 4780. The van der Waals surface area contributed by atoms with E-state index in [2.05, 4.69) is 258 Å². The van der Waals surface area contributed by atoms with E-state index in [0.717, 1.165) is 129 Å². The van der Waals surface area contributed by atoms with Crippen molar-refractivity contribution >= 4 is 22.7 Å². The minimum Gasteiger partial charge on any atom is -0.369 e. The van der Waals surface area contributed by atoms with Gasteiger partial charge in [0.2, 0.25) is 0 Å². The van der Waals surface area contributed by atoms with Crippen LogP contribution in [0.1, 0.15) is 205 Å². The van der Waals surface area contributed by atoms with Gasteiger partial charge in [0.05, 0.1) is 46.9 Å². The van der Waals surface area contributed by atoms with Crippen LogP contribution in [-0.4, -0.2) is 268 Å². The molecule has 0 unspecified atom stereocenters. The number of nitrogens with zero attached hydrogens (tertiary/aromatic N) is 16. The molecule has 0 saturated carbocycles. The second-order valence-electron chi connectivity index (χ2n) is 40.5. The molecule has 4 aromatic carbocycles. The molecule has 20 heteroatoms. The van der Waals surface area contributed by atoms with Crippen LogP contribution in [0.3, 0.4) is 0 Å². The van der Waals surface area contributed by atoms with Crippen LogP contribution in [0.5, 0.6) is 0 Å². The molecule has 4 N–H and O–H groups in total. The summed E-state index contributed by atoms with van der Waals surface area (Å²) >= 11 is 0. The van der Waals surface area contributed by atoms with E-state index in [9.17, 15) is 0 Å². The summed E-state index contributed by atoms with van der Waals surface area (Å²) in [4.78, 5) is 50.3. The molecule has 6 fully saturated rings. The van der Waals surface area contributed by atoms with Crippen molar-refractivity contribution in [2.75, 3.05) is 180 Å². The van der Waals surface area contributed by atoms with Crippen molar-refractivity contribution in [1.29, 1.82) is 0 Å². The van der Waals surface area contributed by atoms with Crippen molar-refractivity contribution < 1.29 is 0 Å². The molecule has 0 spiro atoms. The number of likely N-dealkylation sites (N-methyl/N-ethyl adjacent to an activating group) is 6. The molecule has 22 rings (SSSR count). The van der Waals surface area contributed by atoms with Crippen molar-refractivity contribution in [3.05, 3.63) is 236 Å². The van der Waals surface area contributed by atoms with E-state index in [1.165, 1.54) is 245 Å². The number of hydrogen-bond donors (Lipinski definition) is 4. The SMILES string of the molecule is CN(C[C@H]1Cc2c(cccc2N2CCN3CCC[C@@H]3C2)CN1)[C@H]1CCCc2cccnc21.CN(C[C@H]1Cc2c(cccc2N2CCN3CCC[C@H]3C2)CN1)[C@H]1CCCc2cccnc21.CN1CCN(c2cccc3c2C[C@H](CN(C)[C@H]2CCCc4cccnc42)NC3)CC1.C[C@@H]1CN(c2cccc3c2C[C@H](CN(C)[C@H]2CCCc4cccnc42)NC3)C[C@H](C)N1C. The molecule has 10 aliphatic heterocycles.